The standard InChI is InChI=1S/C23H17N3/c1-2-5-17(6-3-1)12-14-26-23-15-18(9-10-19(23)16-25-26)20-7-4-8-22-21(20)11-13-24-22/h1-16,24H. The third-order valence-corrected chi connectivity index (χ3v) is 4.71. The highest BCUT2D eigenvalue weighted by Gasteiger charge is 2.07. The number of nitrogens with zero attached hydrogens (tertiary/aromatic N) is 2. The zero-order valence-electron chi connectivity index (χ0n) is 14.1. The van der Waals surface area contributed by atoms with Crippen LogP contribution in [0.5, 0.6) is 0 Å². The molecule has 1 N–H and O–H groups in total. The minimum atomic E-state index is 1.10. The Balaban J connectivity index is 1.61. The maximum atomic E-state index is 4.52. The van der Waals surface area contributed by atoms with Gasteiger partial charge in [-0.25, -0.2) is 4.68 Å². The van der Waals surface area contributed by atoms with Crippen LogP contribution in [0.25, 0.3) is 45.2 Å². The Morgan fingerprint density at radius 1 is 0.885 bits per heavy atom. The molecule has 0 fully saturated rings. The highest BCUT2D eigenvalue weighted by atomic mass is 15.3. The zero-order chi connectivity index (χ0) is 17.3. The van der Waals surface area contributed by atoms with Gasteiger partial charge in [0.1, 0.15) is 0 Å². The number of aromatic amines is 1. The number of aromatic nitrogens is 3. The lowest BCUT2D eigenvalue weighted by Crippen LogP contribution is -1.88. The lowest BCUT2D eigenvalue weighted by molar-refractivity contribution is 0.969. The number of rotatable bonds is 3. The molecule has 2 aromatic heterocycles. The van der Waals surface area contributed by atoms with Crippen molar-refractivity contribution < 1.29 is 0 Å². The lowest BCUT2D eigenvalue weighted by Gasteiger charge is -2.05. The summed E-state index contributed by atoms with van der Waals surface area (Å²) in [4.78, 5) is 3.28. The highest BCUT2D eigenvalue weighted by Crippen LogP contribution is 2.30. The van der Waals surface area contributed by atoms with Crippen LogP contribution in [-0.2, 0) is 0 Å². The molecule has 3 heteroatoms. The van der Waals surface area contributed by atoms with E-state index in [1.807, 2.05) is 41.5 Å². The van der Waals surface area contributed by atoms with Crippen LogP contribution in [0.4, 0.5) is 0 Å². The molecule has 0 aliphatic heterocycles. The van der Waals surface area contributed by atoms with Crippen molar-refractivity contribution in [3.05, 3.63) is 90.8 Å². The summed E-state index contributed by atoms with van der Waals surface area (Å²) in [5, 5.41) is 6.89. The van der Waals surface area contributed by atoms with Crippen molar-refractivity contribution in [2.24, 2.45) is 0 Å². The maximum absolute atomic E-state index is 4.52. The quantitative estimate of drug-likeness (QED) is 0.443. The van der Waals surface area contributed by atoms with Crippen molar-refractivity contribution in [2.45, 2.75) is 0 Å². The van der Waals surface area contributed by atoms with Gasteiger partial charge in [0.15, 0.2) is 0 Å². The highest BCUT2D eigenvalue weighted by molar-refractivity contribution is 5.97. The van der Waals surface area contributed by atoms with E-state index < -0.39 is 0 Å². The third-order valence-electron chi connectivity index (χ3n) is 4.71. The van der Waals surface area contributed by atoms with Crippen LogP contribution in [0.3, 0.4) is 0 Å². The fraction of sp³-hybridized carbons (Fsp3) is 0. The summed E-state index contributed by atoms with van der Waals surface area (Å²) in [5.41, 5.74) is 5.83. The van der Waals surface area contributed by atoms with Crippen molar-refractivity contribution in [3.8, 4) is 11.1 Å². The minimum Gasteiger partial charge on any atom is -0.361 e. The molecule has 26 heavy (non-hydrogen) atoms. The molecular formula is C23H17N3. The van der Waals surface area contributed by atoms with Crippen molar-refractivity contribution in [1.29, 1.82) is 0 Å². The summed E-state index contributed by atoms with van der Waals surface area (Å²) in [7, 11) is 0. The van der Waals surface area contributed by atoms with Gasteiger partial charge in [0, 0.05) is 28.7 Å². The van der Waals surface area contributed by atoms with Gasteiger partial charge < -0.3 is 4.98 Å². The zero-order valence-corrected chi connectivity index (χ0v) is 14.1. The number of benzene rings is 3. The molecule has 124 valence electrons. The van der Waals surface area contributed by atoms with E-state index >= 15 is 0 Å². The first-order chi connectivity index (χ1) is 12.9. The number of hydrogen-bond donors (Lipinski definition) is 1. The van der Waals surface area contributed by atoms with Gasteiger partial charge in [-0.2, -0.15) is 5.10 Å². The van der Waals surface area contributed by atoms with Gasteiger partial charge in [-0.3, -0.25) is 0 Å². The average Bonchev–Trinajstić information content (AvgIpc) is 3.33. The molecule has 0 unspecified atom stereocenters. The molecule has 0 saturated heterocycles. The summed E-state index contributed by atoms with van der Waals surface area (Å²) in [6, 6.07) is 25.3. The fourth-order valence-electron chi connectivity index (χ4n) is 3.38. The molecular weight excluding hydrogens is 318 g/mol. The molecule has 0 spiro atoms. The predicted octanol–water partition coefficient (Wildman–Crippen LogP) is 5.81. The Kier molecular flexibility index (Phi) is 3.42. The van der Waals surface area contributed by atoms with Gasteiger partial charge in [-0.15, -0.1) is 0 Å². The summed E-state index contributed by atoms with van der Waals surface area (Å²) in [6.45, 7) is 0. The fourth-order valence-corrected chi connectivity index (χ4v) is 3.38. The third kappa shape index (κ3) is 2.50. The summed E-state index contributed by atoms with van der Waals surface area (Å²) in [6.07, 6.45) is 7.98. The van der Waals surface area contributed by atoms with Gasteiger partial charge in [0.2, 0.25) is 0 Å². The van der Waals surface area contributed by atoms with Gasteiger partial charge in [-0.05, 0) is 41.0 Å². The second-order valence-corrected chi connectivity index (χ2v) is 6.33. The maximum Gasteiger partial charge on any atom is 0.0740 e. The van der Waals surface area contributed by atoms with E-state index in [-0.39, 0.29) is 0 Å². The Labute approximate surface area is 151 Å². The second kappa shape index (κ2) is 6.05. The number of H-pyrrole nitrogens is 1. The molecule has 0 amide bonds. The monoisotopic (exact) mass is 335 g/mol. The Hall–Kier alpha value is -3.59. The molecule has 0 radical (unpaired) electrons. The number of fused-ring (bicyclic) bond motifs is 2. The molecule has 0 saturated carbocycles. The van der Waals surface area contributed by atoms with Gasteiger partial charge >= 0.3 is 0 Å². The van der Waals surface area contributed by atoms with Gasteiger partial charge in [-0.1, -0.05) is 54.6 Å². The van der Waals surface area contributed by atoms with Crippen LogP contribution in [0, 0.1) is 0 Å². The Morgan fingerprint density at radius 2 is 1.81 bits per heavy atom. The average molecular weight is 335 g/mol. The van der Waals surface area contributed by atoms with Crippen molar-refractivity contribution in [2.75, 3.05) is 0 Å². The second-order valence-electron chi connectivity index (χ2n) is 6.33. The van der Waals surface area contributed by atoms with Crippen LogP contribution in [0.2, 0.25) is 0 Å². The van der Waals surface area contributed by atoms with Gasteiger partial charge in [0.25, 0.3) is 0 Å². The van der Waals surface area contributed by atoms with Crippen LogP contribution in [0.15, 0.2) is 85.2 Å². The molecule has 3 aromatic carbocycles. The minimum absolute atomic E-state index is 1.10. The molecule has 0 atom stereocenters. The number of nitrogens with one attached hydrogen (secondary N) is 1. The first-order valence-electron chi connectivity index (χ1n) is 8.65. The Morgan fingerprint density at radius 3 is 2.73 bits per heavy atom. The molecule has 0 aliphatic rings. The van der Waals surface area contributed by atoms with E-state index in [9.17, 15) is 0 Å². The van der Waals surface area contributed by atoms with E-state index in [0.717, 1.165) is 22.0 Å². The van der Waals surface area contributed by atoms with Crippen LogP contribution in [-0.4, -0.2) is 14.8 Å². The molecule has 0 aliphatic carbocycles. The van der Waals surface area contributed by atoms with E-state index in [2.05, 4.69) is 70.8 Å². The number of hydrogen-bond acceptors (Lipinski definition) is 1. The van der Waals surface area contributed by atoms with E-state index in [0.29, 0.717) is 0 Å². The smallest absolute Gasteiger partial charge is 0.0740 e. The summed E-state index contributed by atoms with van der Waals surface area (Å²) < 4.78 is 1.93. The van der Waals surface area contributed by atoms with Crippen LogP contribution in [0.1, 0.15) is 5.56 Å². The molecule has 2 heterocycles. The van der Waals surface area contributed by atoms with Crippen LogP contribution >= 0.6 is 0 Å². The van der Waals surface area contributed by atoms with E-state index in [1.165, 1.54) is 16.5 Å². The first-order valence-corrected chi connectivity index (χ1v) is 8.65. The lowest BCUT2D eigenvalue weighted by atomic mass is 10.0. The normalized spacial score (nSPS) is 11.7. The molecule has 0 bridgehead atoms. The van der Waals surface area contributed by atoms with E-state index in [4.69, 9.17) is 0 Å². The van der Waals surface area contributed by atoms with E-state index in [1.54, 1.807) is 0 Å². The SMILES string of the molecule is C(=Cn1ncc2ccc(-c3cccc4[nH]ccc34)cc21)c1ccccc1. The van der Waals surface area contributed by atoms with Crippen molar-refractivity contribution in [1.82, 2.24) is 14.8 Å². The largest absolute Gasteiger partial charge is 0.361 e. The van der Waals surface area contributed by atoms with Gasteiger partial charge in [0.05, 0.1) is 11.7 Å². The molecule has 5 rings (SSSR count). The van der Waals surface area contributed by atoms with Crippen LogP contribution < -0.4 is 0 Å². The predicted molar refractivity (Wildman–Crippen MR) is 109 cm³/mol. The molecule has 3 nitrogen and oxygen atoms in total. The summed E-state index contributed by atoms with van der Waals surface area (Å²) >= 11 is 0. The summed E-state index contributed by atoms with van der Waals surface area (Å²) in [5.74, 6) is 0. The van der Waals surface area contributed by atoms with Crippen molar-refractivity contribution >= 4 is 34.1 Å². The topological polar surface area (TPSA) is 33.6 Å². The Bertz CT molecular complexity index is 1230. The van der Waals surface area contributed by atoms with Crippen molar-refractivity contribution in [3.63, 3.8) is 0 Å². The molecule has 5 aromatic rings. The first kappa shape index (κ1) is 14.7.